The van der Waals surface area contributed by atoms with Crippen molar-refractivity contribution in [1.82, 2.24) is 4.98 Å². The maximum Gasteiger partial charge on any atom is 0.339 e. The average Bonchev–Trinajstić information content (AvgIpc) is 3.29. The molecule has 2 heterocycles. The van der Waals surface area contributed by atoms with E-state index in [9.17, 15) is 23.6 Å². The van der Waals surface area contributed by atoms with Crippen LogP contribution in [0.2, 0.25) is 0 Å². The maximum atomic E-state index is 13.5. The number of aromatic nitrogens is 1. The first kappa shape index (κ1) is 28.4. The minimum atomic E-state index is -1.17. The van der Waals surface area contributed by atoms with Gasteiger partial charge in [-0.3, -0.25) is 19.3 Å². The number of fused-ring (bicyclic) bond motifs is 2. The Labute approximate surface area is 251 Å². The number of benzene rings is 3. The number of ketones is 1. The molecule has 0 bridgehead atoms. The minimum absolute atomic E-state index is 0.0690. The number of nitrogens with zero attached hydrogens (tertiary/aromatic N) is 2. The summed E-state index contributed by atoms with van der Waals surface area (Å²) in [6, 6.07) is 20.6. The standard InChI is InChI=1S/C34H26ClFN2O5/c35-18-17-30(31(39)21-9-13-22(36)14-10-21)43-34(42)27-19-29(37-28-8-4-3-5-24(27)28)20-11-15-23(16-12-20)38-32(40)25-6-1-2-7-26(25)33(38)41/h1-5,8-16,19,25-26,30H,6-7,17-18H2. The van der Waals surface area contributed by atoms with Crippen molar-refractivity contribution in [2.24, 2.45) is 11.8 Å². The third-order valence-corrected chi connectivity index (χ3v) is 8.12. The molecule has 4 aromatic rings. The predicted molar refractivity (Wildman–Crippen MR) is 160 cm³/mol. The zero-order valence-electron chi connectivity index (χ0n) is 22.9. The van der Waals surface area contributed by atoms with Crippen molar-refractivity contribution in [1.29, 1.82) is 0 Å². The summed E-state index contributed by atoms with van der Waals surface area (Å²) in [5, 5.41) is 0.538. The van der Waals surface area contributed by atoms with Gasteiger partial charge in [0.1, 0.15) is 5.82 Å². The lowest BCUT2D eigenvalue weighted by molar-refractivity contribution is -0.122. The first-order valence-corrected chi connectivity index (χ1v) is 14.5. The van der Waals surface area contributed by atoms with Crippen LogP contribution in [0.4, 0.5) is 10.1 Å². The SMILES string of the molecule is O=C(OC(CCCl)C(=O)c1ccc(F)cc1)c1cc(-c2ccc(N3C(=O)C4CC=CCC4C3=O)cc2)nc2ccccc12. The summed E-state index contributed by atoms with van der Waals surface area (Å²) in [6.45, 7) is 0. The van der Waals surface area contributed by atoms with Crippen LogP contribution in [0.15, 0.2) is 91.0 Å². The Morgan fingerprint density at radius 1 is 0.930 bits per heavy atom. The molecule has 3 atom stereocenters. The zero-order chi connectivity index (χ0) is 30.1. The Morgan fingerprint density at radius 3 is 2.23 bits per heavy atom. The highest BCUT2D eigenvalue weighted by Crippen LogP contribution is 2.38. The molecule has 1 aliphatic carbocycles. The van der Waals surface area contributed by atoms with Crippen LogP contribution in [0.5, 0.6) is 0 Å². The summed E-state index contributed by atoms with van der Waals surface area (Å²) in [4.78, 5) is 58.7. The van der Waals surface area contributed by atoms with E-state index >= 15 is 0 Å². The molecule has 9 heteroatoms. The summed E-state index contributed by atoms with van der Waals surface area (Å²) < 4.78 is 19.1. The molecule has 0 radical (unpaired) electrons. The fourth-order valence-electron chi connectivity index (χ4n) is 5.66. The van der Waals surface area contributed by atoms with Crippen LogP contribution in [0.1, 0.15) is 40.0 Å². The second-order valence-corrected chi connectivity index (χ2v) is 10.9. The van der Waals surface area contributed by atoms with Gasteiger partial charge < -0.3 is 4.74 Å². The van der Waals surface area contributed by atoms with Gasteiger partial charge in [0.05, 0.1) is 34.3 Å². The number of pyridine rings is 1. The van der Waals surface area contributed by atoms with Gasteiger partial charge in [0, 0.05) is 28.8 Å². The van der Waals surface area contributed by atoms with E-state index < -0.39 is 23.7 Å². The fourth-order valence-corrected chi connectivity index (χ4v) is 5.86. The van der Waals surface area contributed by atoms with Gasteiger partial charge >= 0.3 is 5.97 Å². The molecule has 0 saturated carbocycles. The summed E-state index contributed by atoms with van der Waals surface area (Å²) in [5.41, 5.74) is 2.55. The van der Waals surface area contributed by atoms with Gasteiger partial charge in [-0.2, -0.15) is 0 Å². The number of carbonyl (C=O) groups is 4. The van der Waals surface area contributed by atoms with Crippen molar-refractivity contribution >= 4 is 51.8 Å². The molecule has 6 rings (SSSR count). The number of rotatable bonds is 8. The number of alkyl halides is 1. The second-order valence-electron chi connectivity index (χ2n) is 10.5. The van der Waals surface area contributed by atoms with Crippen molar-refractivity contribution in [2.75, 3.05) is 10.8 Å². The largest absolute Gasteiger partial charge is 0.450 e. The first-order valence-electron chi connectivity index (χ1n) is 14.0. The van der Waals surface area contributed by atoms with Crippen molar-refractivity contribution in [3.05, 3.63) is 108 Å². The number of allylic oxidation sites excluding steroid dienone is 2. The van der Waals surface area contributed by atoms with Crippen LogP contribution in [-0.4, -0.2) is 40.5 Å². The molecule has 3 unspecified atom stereocenters. The Hall–Kier alpha value is -4.69. The number of imide groups is 1. The number of anilines is 1. The number of carbonyl (C=O) groups excluding carboxylic acids is 4. The van der Waals surface area contributed by atoms with E-state index in [0.29, 0.717) is 40.7 Å². The third-order valence-electron chi connectivity index (χ3n) is 7.91. The van der Waals surface area contributed by atoms with Gasteiger partial charge in [0.2, 0.25) is 17.6 Å². The molecule has 7 nitrogen and oxygen atoms in total. The lowest BCUT2D eigenvalue weighted by Gasteiger charge is -2.18. The molecular formula is C34H26ClFN2O5. The smallest absolute Gasteiger partial charge is 0.339 e. The first-order chi connectivity index (χ1) is 20.9. The molecule has 2 amide bonds. The summed E-state index contributed by atoms with van der Waals surface area (Å²) in [5.74, 6) is -2.67. The van der Waals surface area contributed by atoms with E-state index in [2.05, 4.69) is 0 Å². The van der Waals surface area contributed by atoms with Crippen molar-refractivity contribution in [3.63, 3.8) is 0 Å². The normalized spacial score (nSPS) is 18.5. The highest BCUT2D eigenvalue weighted by Gasteiger charge is 2.47. The van der Waals surface area contributed by atoms with Gasteiger partial charge in [-0.1, -0.05) is 42.5 Å². The van der Waals surface area contributed by atoms with Gasteiger partial charge in [-0.25, -0.2) is 14.2 Å². The molecule has 1 aliphatic heterocycles. The molecule has 2 aliphatic rings. The Bertz CT molecular complexity index is 1740. The van der Waals surface area contributed by atoms with Crippen LogP contribution in [-0.2, 0) is 14.3 Å². The second kappa shape index (κ2) is 11.9. The van der Waals surface area contributed by atoms with E-state index in [-0.39, 0.29) is 47.1 Å². The Morgan fingerprint density at radius 2 is 1.58 bits per heavy atom. The molecule has 43 heavy (non-hydrogen) atoms. The summed E-state index contributed by atoms with van der Waals surface area (Å²) >= 11 is 5.93. The number of amides is 2. The van der Waals surface area contributed by atoms with Crippen LogP contribution in [0.25, 0.3) is 22.2 Å². The summed E-state index contributed by atoms with van der Waals surface area (Å²) in [7, 11) is 0. The Kier molecular flexibility index (Phi) is 7.86. The quantitative estimate of drug-likeness (QED) is 0.0754. The highest BCUT2D eigenvalue weighted by atomic mass is 35.5. The molecule has 0 N–H and O–H groups in total. The maximum absolute atomic E-state index is 13.5. The van der Waals surface area contributed by atoms with E-state index in [0.717, 1.165) is 0 Å². The number of para-hydroxylation sites is 1. The van der Waals surface area contributed by atoms with Crippen molar-refractivity contribution in [2.45, 2.75) is 25.4 Å². The minimum Gasteiger partial charge on any atom is -0.450 e. The lowest BCUT2D eigenvalue weighted by atomic mass is 9.85. The third kappa shape index (κ3) is 5.46. The fraction of sp³-hybridized carbons (Fsp3) is 0.206. The molecule has 1 fully saturated rings. The van der Waals surface area contributed by atoms with E-state index in [4.69, 9.17) is 21.3 Å². The van der Waals surface area contributed by atoms with Crippen LogP contribution < -0.4 is 4.90 Å². The number of ether oxygens (including phenoxy) is 1. The van der Waals surface area contributed by atoms with Crippen LogP contribution in [0.3, 0.4) is 0 Å². The van der Waals surface area contributed by atoms with E-state index in [1.54, 1.807) is 54.6 Å². The van der Waals surface area contributed by atoms with Crippen molar-refractivity contribution < 1.29 is 28.3 Å². The zero-order valence-corrected chi connectivity index (χ0v) is 23.7. The topological polar surface area (TPSA) is 93.6 Å². The van der Waals surface area contributed by atoms with Crippen LogP contribution >= 0.6 is 11.6 Å². The number of hydrogen-bond donors (Lipinski definition) is 0. The number of hydrogen-bond acceptors (Lipinski definition) is 6. The predicted octanol–water partition coefficient (Wildman–Crippen LogP) is 6.53. The number of halogens is 2. The molecule has 3 aromatic carbocycles. The molecule has 216 valence electrons. The molecule has 1 aromatic heterocycles. The van der Waals surface area contributed by atoms with E-state index in [1.165, 1.54) is 29.2 Å². The monoisotopic (exact) mass is 596 g/mol. The van der Waals surface area contributed by atoms with Crippen molar-refractivity contribution in [3.8, 4) is 11.3 Å². The van der Waals surface area contributed by atoms with Gasteiger partial charge in [0.25, 0.3) is 0 Å². The van der Waals surface area contributed by atoms with Gasteiger partial charge in [-0.05, 0) is 61.4 Å². The van der Waals surface area contributed by atoms with Crippen LogP contribution in [0, 0.1) is 17.7 Å². The molecular weight excluding hydrogens is 571 g/mol. The summed E-state index contributed by atoms with van der Waals surface area (Å²) in [6.07, 6.45) is 3.93. The number of esters is 1. The van der Waals surface area contributed by atoms with Gasteiger partial charge in [0.15, 0.2) is 6.10 Å². The average molecular weight is 597 g/mol. The molecule has 1 saturated heterocycles. The Balaban J connectivity index is 1.29. The van der Waals surface area contributed by atoms with Gasteiger partial charge in [-0.15, -0.1) is 11.6 Å². The number of Topliss-reactive ketones (excluding diaryl/α,β-unsaturated/α-hetero) is 1. The highest BCUT2D eigenvalue weighted by molar-refractivity contribution is 6.22. The lowest BCUT2D eigenvalue weighted by Crippen LogP contribution is -2.30. The molecule has 0 spiro atoms. The van der Waals surface area contributed by atoms with E-state index in [1.807, 2.05) is 12.2 Å².